The first-order chi connectivity index (χ1) is 15.1. The Morgan fingerprint density at radius 1 is 1.13 bits per heavy atom. The Labute approximate surface area is 186 Å². The van der Waals surface area contributed by atoms with E-state index in [4.69, 9.17) is 10.5 Å². The van der Waals surface area contributed by atoms with Crippen LogP contribution in [0, 0.1) is 28.6 Å². The molecule has 1 aromatic carbocycles. The molecule has 2 amide bonds. The number of pyridine rings is 1. The summed E-state index contributed by atoms with van der Waals surface area (Å²) in [5.41, 5.74) is 1.21. The average Bonchev–Trinajstić information content (AvgIpc) is 3.32. The van der Waals surface area contributed by atoms with Crippen molar-refractivity contribution in [2.75, 3.05) is 18.2 Å². The van der Waals surface area contributed by atoms with Crippen molar-refractivity contribution in [2.24, 2.45) is 5.92 Å². The van der Waals surface area contributed by atoms with Crippen LogP contribution in [0.3, 0.4) is 0 Å². The number of benzene rings is 1. The average molecular weight is 436 g/mol. The van der Waals surface area contributed by atoms with Gasteiger partial charge in [-0.2, -0.15) is 10.5 Å². The van der Waals surface area contributed by atoms with Crippen molar-refractivity contribution in [3.63, 3.8) is 0 Å². The van der Waals surface area contributed by atoms with Crippen LogP contribution in [0.4, 0.5) is 0 Å². The minimum absolute atomic E-state index is 0.117. The fourth-order valence-corrected chi connectivity index (χ4v) is 4.78. The van der Waals surface area contributed by atoms with Gasteiger partial charge in [0.1, 0.15) is 6.04 Å². The normalized spacial score (nSPS) is 18.4. The maximum atomic E-state index is 12.3. The summed E-state index contributed by atoms with van der Waals surface area (Å²) in [7, 11) is 0. The number of nitrogens with zero attached hydrogens (tertiary/aromatic N) is 4. The smallest absolute Gasteiger partial charge is 0.252 e. The van der Waals surface area contributed by atoms with Crippen molar-refractivity contribution in [3.8, 4) is 12.1 Å². The molecule has 2 aliphatic rings. The first-order valence-corrected chi connectivity index (χ1v) is 11.6. The summed E-state index contributed by atoms with van der Waals surface area (Å²) in [4.78, 5) is 30.2. The SMILES string of the molecule is N#CC1CCCCC1.N#CC1CSCN1C(=O)CNC(=O)c1ccnc2ccccc12. The molecule has 1 saturated carbocycles. The van der Waals surface area contributed by atoms with Crippen LogP contribution in [-0.4, -0.2) is 45.9 Å². The summed E-state index contributed by atoms with van der Waals surface area (Å²) in [6.07, 6.45) is 7.77. The highest BCUT2D eigenvalue weighted by atomic mass is 32.2. The van der Waals surface area contributed by atoms with Gasteiger partial charge < -0.3 is 10.2 Å². The molecule has 1 aliphatic heterocycles. The van der Waals surface area contributed by atoms with Crippen LogP contribution in [-0.2, 0) is 4.79 Å². The Kier molecular flexibility index (Phi) is 8.26. The first kappa shape index (κ1) is 22.6. The molecular formula is C23H25N5O2S. The van der Waals surface area contributed by atoms with Crippen LogP contribution in [0.15, 0.2) is 36.5 Å². The molecule has 2 heterocycles. The van der Waals surface area contributed by atoms with Crippen molar-refractivity contribution >= 4 is 34.5 Å². The number of hydrogen-bond donors (Lipinski definition) is 1. The Morgan fingerprint density at radius 2 is 1.90 bits per heavy atom. The van der Waals surface area contributed by atoms with E-state index in [2.05, 4.69) is 22.4 Å². The molecule has 31 heavy (non-hydrogen) atoms. The number of thioether (sulfide) groups is 1. The lowest BCUT2D eigenvalue weighted by molar-refractivity contribution is -0.129. The van der Waals surface area contributed by atoms with E-state index in [1.807, 2.05) is 24.3 Å². The third-order valence-corrected chi connectivity index (χ3v) is 6.45. The summed E-state index contributed by atoms with van der Waals surface area (Å²) in [6, 6.07) is 13.0. The molecule has 2 aromatic rings. The summed E-state index contributed by atoms with van der Waals surface area (Å²) < 4.78 is 0. The zero-order valence-electron chi connectivity index (χ0n) is 17.3. The maximum absolute atomic E-state index is 12.3. The molecule has 0 bridgehead atoms. The number of nitrogens with one attached hydrogen (secondary N) is 1. The molecule has 0 radical (unpaired) electrons. The number of hydrogen-bond acceptors (Lipinski definition) is 6. The van der Waals surface area contributed by atoms with Gasteiger partial charge in [0.25, 0.3) is 5.91 Å². The van der Waals surface area contributed by atoms with E-state index in [9.17, 15) is 9.59 Å². The Hall–Kier alpha value is -3.10. The largest absolute Gasteiger partial charge is 0.343 e. The van der Waals surface area contributed by atoms with Gasteiger partial charge >= 0.3 is 0 Å². The number of carbonyl (C=O) groups is 2. The molecule has 8 heteroatoms. The number of rotatable bonds is 3. The second-order valence-electron chi connectivity index (χ2n) is 7.53. The van der Waals surface area contributed by atoms with Crippen molar-refractivity contribution in [3.05, 3.63) is 42.1 Å². The lowest BCUT2D eigenvalue weighted by Crippen LogP contribution is -2.42. The highest BCUT2D eigenvalue weighted by molar-refractivity contribution is 7.99. The Morgan fingerprint density at radius 3 is 2.61 bits per heavy atom. The molecule has 1 N–H and O–H groups in total. The minimum atomic E-state index is -0.411. The van der Waals surface area contributed by atoms with E-state index in [-0.39, 0.29) is 18.4 Å². The summed E-state index contributed by atoms with van der Waals surface area (Å²) in [5, 5.41) is 20.8. The highest BCUT2D eigenvalue weighted by Crippen LogP contribution is 2.22. The predicted octanol–water partition coefficient (Wildman–Crippen LogP) is 3.48. The number of aromatic nitrogens is 1. The summed E-state index contributed by atoms with van der Waals surface area (Å²) in [5.74, 6) is 0.936. The van der Waals surface area contributed by atoms with Gasteiger partial charge in [-0.3, -0.25) is 14.6 Å². The van der Waals surface area contributed by atoms with Crippen LogP contribution in [0.1, 0.15) is 42.5 Å². The first-order valence-electron chi connectivity index (χ1n) is 10.4. The fraction of sp³-hybridized carbons (Fsp3) is 0.435. The van der Waals surface area contributed by atoms with Crippen LogP contribution in [0.2, 0.25) is 0 Å². The van der Waals surface area contributed by atoms with Crippen molar-refractivity contribution < 1.29 is 9.59 Å². The molecule has 4 rings (SSSR count). The zero-order valence-corrected chi connectivity index (χ0v) is 18.1. The lowest BCUT2D eigenvalue weighted by Gasteiger charge is -2.18. The number of fused-ring (bicyclic) bond motifs is 1. The van der Waals surface area contributed by atoms with Crippen LogP contribution >= 0.6 is 11.8 Å². The van der Waals surface area contributed by atoms with Crippen molar-refractivity contribution in [1.29, 1.82) is 10.5 Å². The quantitative estimate of drug-likeness (QED) is 0.790. The van der Waals surface area contributed by atoms with Crippen molar-refractivity contribution in [2.45, 2.75) is 38.1 Å². The molecule has 1 saturated heterocycles. The van der Waals surface area contributed by atoms with Gasteiger partial charge in [0.2, 0.25) is 5.91 Å². The number of carbonyl (C=O) groups excluding carboxylic acids is 2. The fourth-order valence-electron chi connectivity index (χ4n) is 3.67. The van der Waals surface area contributed by atoms with Crippen molar-refractivity contribution in [1.82, 2.24) is 15.2 Å². The Balaban J connectivity index is 0.000000287. The van der Waals surface area contributed by atoms with E-state index in [1.165, 1.54) is 35.9 Å². The Bertz CT molecular complexity index is 1000. The van der Waals surface area contributed by atoms with E-state index in [0.29, 0.717) is 23.1 Å². The predicted molar refractivity (Wildman–Crippen MR) is 120 cm³/mol. The maximum Gasteiger partial charge on any atom is 0.252 e. The second-order valence-corrected chi connectivity index (χ2v) is 8.53. The van der Waals surface area contributed by atoms with Gasteiger partial charge in [0.15, 0.2) is 0 Å². The number of para-hydroxylation sites is 1. The number of amides is 2. The minimum Gasteiger partial charge on any atom is -0.343 e. The molecule has 1 atom stereocenters. The van der Waals surface area contributed by atoms with Gasteiger partial charge in [-0.25, -0.2) is 0 Å². The monoisotopic (exact) mass is 435 g/mol. The molecule has 1 aromatic heterocycles. The van der Waals surface area contributed by atoms with Crippen LogP contribution < -0.4 is 5.32 Å². The van der Waals surface area contributed by atoms with Gasteiger partial charge in [0.05, 0.1) is 35.6 Å². The molecule has 1 unspecified atom stereocenters. The number of nitriles is 2. The molecule has 7 nitrogen and oxygen atoms in total. The molecular weight excluding hydrogens is 410 g/mol. The summed E-state index contributed by atoms with van der Waals surface area (Å²) >= 11 is 1.54. The van der Waals surface area contributed by atoms with Gasteiger partial charge in [0, 0.05) is 23.3 Å². The zero-order chi connectivity index (χ0) is 22.1. The molecule has 2 fully saturated rings. The third kappa shape index (κ3) is 5.96. The van der Waals surface area contributed by atoms with Gasteiger partial charge in [-0.15, -0.1) is 11.8 Å². The molecule has 1 aliphatic carbocycles. The van der Waals surface area contributed by atoms with E-state index < -0.39 is 6.04 Å². The van der Waals surface area contributed by atoms with Gasteiger partial charge in [-0.1, -0.05) is 37.5 Å². The molecule has 160 valence electrons. The third-order valence-electron chi connectivity index (χ3n) is 5.43. The molecule has 0 spiro atoms. The topological polar surface area (TPSA) is 110 Å². The lowest BCUT2D eigenvalue weighted by atomic mass is 9.91. The van der Waals surface area contributed by atoms with E-state index in [0.717, 1.165) is 23.7 Å². The van der Waals surface area contributed by atoms with Crippen LogP contribution in [0.25, 0.3) is 10.9 Å². The standard InChI is InChI=1S/C16H14N4O2S.C7H11N/c17-7-11-9-23-10-20(11)15(21)8-19-16(22)13-5-6-18-14-4-2-1-3-12(13)14;8-6-7-4-2-1-3-5-7/h1-6,11H,8-10H2,(H,19,22);7H,1-5H2. The van der Waals surface area contributed by atoms with Crippen LogP contribution in [0.5, 0.6) is 0 Å². The second kappa shape index (κ2) is 11.3. The van der Waals surface area contributed by atoms with E-state index in [1.54, 1.807) is 12.3 Å². The van der Waals surface area contributed by atoms with Gasteiger partial charge in [-0.05, 0) is 25.0 Å². The highest BCUT2D eigenvalue weighted by Gasteiger charge is 2.29. The van der Waals surface area contributed by atoms with E-state index >= 15 is 0 Å². The summed E-state index contributed by atoms with van der Waals surface area (Å²) in [6.45, 7) is -0.117.